The van der Waals surface area contributed by atoms with Crippen LogP contribution in [0.5, 0.6) is 5.75 Å². The van der Waals surface area contributed by atoms with Crippen molar-refractivity contribution in [2.45, 2.75) is 19.0 Å². The van der Waals surface area contributed by atoms with E-state index in [0.717, 1.165) is 5.56 Å². The van der Waals surface area contributed by atoms with Crippen LogP contribution in [0.2, 0.25) is 15.1 Å². The molecule has 1 fully saturated rings. The van der Waals surface area contributed by atoms with Crippen molar-refractivity contribution in [3.8, 4) is 11.7 Å². The van der Waals surface area contributed by atoms with E-state index in [9.17, 15) is 9.59 Å². The second-order valence-electron chi connectivity index (χ2n) is 9.49. The second kappa shape index (κ2) is 13.3. The molecule has 0 spiro atoms. The van der Waals surface area contributed by atoms with Crippen LogP contribution in [0.3, 0.4) is 0 Å². The summed E-state index contributed by atoms with van der Waals surface area (Å²) in [6.07, 6.45) is 6.78. The van der Waals surface area contributed by atoms with E-state index in [1.54, 1.807) is 77.9 Å². The standard InChI is InChI=1S/C28H27Cl3N8O3/c1-42-24-5-2-18(12-23(24)31)15-34-26(40)14-20-16-37(28(41)35-19-3-4-21(29)22(30)13-19)10-11-39(20)25-6-7-33-27(36-25)38-9-8-32-17-38/h2-9,12-13,17,20H,10-11,14-16H2,1H3,(H,34,40)(H,35,41). The van der Waals surface area contributed by atoms with E-state index in [0.29, 0.717) is 51.4 Å². The van der Waals surface area contributed by atoms with Crippen molar-refractivity contribution in [1.82, 2.24) is 29.7 Å². The van der Waals surface area contributed by atoms with Crippen LogP contribution in [0.1, 0.15) is 12.0 Å². The number of imidazole rings is 1. The molecule has 3 heterocycles. The Morgan fingerprint density at radius 3 is 2.62 bits per heavy atom. The monoisotopic (exact) mass is 628 g/mol. The van der Waals surface area contributed by atoms with Gasteiger partial charge in [-0.05, 0) is 42.0 Å². The van der Waals surface area contributed by atoms with Crippen molar-refractivity contribution in [2.24, 2.45) is 0 Å². The smallest absolute Gasteiger partial charge is 0.321 e. The normalized spacial score (nSPS) is 14.9. The lowest BCUT2D eigenvalue weighted by molar-refractivity contribution is -0.121. The van der Waals surface area contributed by atoms with E-state index in [4.69, 9.17) is 44.5 Å². The number of hydrogen-bond acceptors (Lipinski definition) is 7. The number of halogens is 3. The number of aromatic nitrogens is 4. The van der Waals surface area contributed by atoms with E-state index in [1.165, 1.54) is 0 Å². The molecule has 1 aliphatic heterocycles. The van der Waals surface area contributed by atoms with E-state index in [2.05, 4.69) is 20.6 Å². The second-order valence-corrected chi connectivity index (χ2v) is 10.7. The van der Waals surface area contributed by atoms with E-state index >= 15 is 0 Å². The van der Waals surface area contributed by atoms with Gasteiger partial charge in [-0.2, -0.15) is 4.98 Å². The van der Waals surface area contributed by atoms with Crippen LogP contribution in [-0.2, 0) is 11.3 Å². The third kappa shape index (κ3) is 7.04. The van der Waals surface area contributed by atoms with E-state index < -0.39 is 0 Å². The molecule has 2 aromatic heterocycles. The average Bonchev–Trinajstić information content (AvgIpc) is 3.53. The predicted octanol–water partition coefficient (Wildman–Crippen LogP) is 5.06. The zero-order valence-electron chi connectivity index (χ0n) is 22.5. The summed E-state index contributed by atoms with van der Waals surface area (Å²) in [6.45, 7) is 1.41. The van der Waals surface area contributed by atoms with Gasteiger partial charge >= 0.3 is 6.03 Å². The van der Waals surface area contributed by atoms with Gasteiger partial charge in [-0.3, -0.25) is 9.36 Å². The lowest BCUT2D eigenvalue weighted by atomic mass is 10.1. The number of methoxy groups -OCH3 is 1. The van der Waals surface area contributed by atoms with Gasteiger partial charge in [0.1, 0.15) is 17.9 Å². The largest absolute Gasteiger partial charge is 0.495 e. The maximum atomic E-state index is 13.2. The average molecular weight is 630 g/mol. The number of rotatable bonds is 8. The van der Waals surface area contributed by atoms with Gasteiger partial charge in [0.2, 0.25) is 11.9 Å². The SMILES string of the molecule is COc1ccc(CNC(=O)CC2CN(C(=O)Nc3ccc(Cl)c(Cl)c3)CCN2c2ccnc(-n3ccnc3)n2)cc1Cl. The summed E-state index contributed by atoms with van der Waals surface area (Å²) >= 11 is 18.4. The summed E-state index contributed by atoms with van der Waals surface area (Å²) in [6, 6.07) is 11.3. The first-order chi connectivity index (χ1) is 20.3. The Labute approximate surface area is 257 Å². The molecule has 1 atom stereocenters. The first-order valence-electron chi connectivity index (χ1n) is 13.0. The molecule has 0 aliphatic carbocycles. The highest BCUT2D eigenvalue weighted by molar-refractivity contribution is 6.42. The predicted molar refractivity (Wildman–Crippen MR) is 162 cm³/mol. The fourth-order valence-electron chi connectivity index (χ4n) is 4.60. The minimum atomic E-state index is -0.372. The first kappa shape index (κ1) is 29.4. The molecule has 2 aromatic carbocycles. The quantitative estimate of drug-likeness (QED) is 0.280. The number of carbonyl (C=O) groups is 2. The molecular formula is C28H27Cl3N8O3. The van der Waals surface area contributed by atoms with Gasteiger partial charge in [0.25, 0.3) is 0 Å². The van der Waals surface area contributed by atoms with Crippen LogP contribution in [0, 0.1) is 0 Å². The summed E-state index contributed by atoms with van der Waals surface area (Å²) in [7, 11) is 1.54. The number of piperazine rings is 1. The van der Waals surface area contributed by atoms with Crippen molar-refractivity contribution in [3.63, 3.8) is 0 Å². The van der Waals surface area contributed by atoms with Gasteiger partial charge in [-0.25, -0.2) is 14.8 Å². The zero-order chi connectivity index (χ0) is 29.6. The molecule has 4 aromatic rings. The minimum Gasteiger partial charge on any atom is -0.495 e. The Balaban J connectivity index is 1.32. The molecular weight excluding hydrogens is 603 g/mol. The Kier molecular flexibility index (Phi) is 9.31. The molecule has 0 bridgehead atoms. The number of benzene rings is 2. The van der Waals surface area contributed by atoms with Crippen molar-refractivity contribution >= 4 is 58.2 Å². The molecule has 14 heteroatoms. The van der Waals surface area contributed by atoms with Crippen LogP contribution in [-0.4, -0.2) is 69.1 Å². The molecule has 0 radical (unpaired) electrons. The molecule has 218 valence electrons. The van der Waals surface area contributed by atoms with Crippen molar-refractivity contribution in [2.75, 3.05) is 37.0 Å². The first-order valence-corrected chi connectivity index (χ1v) is 14.1. The summed E-state index contributed by atoms with van der Waals surface area (Å²) < 4.78 is 6.90. The third-order valence-corrected chi connectivity index (χ3v) is 7.76. The fourth-order valence-corrected chi connectivity index (χ4v) is 5.18. The van der Waals surface area contributed by atoms with Crippen LogP contribution in [0.15, 0.2) is 67.4 Å². The Hall–Kier alpha value is -4.06. The fraction of sp³-hybridized carbons (Fsp3) is 0.250. The van der Waals surface area contributed by atoms with Gasteiger partial charge in [0.05, 0.1) is 28.2 Å². The number of carbonyl (C=O) groups excluding carboxylic acids is 2. The Morgan fingerprint density at radius 1 is 1.02 bits per heavy atom. The van der Waals surface area contributed by atoms with Crippen LogP contribution >= 0.6 is 34.8 Å². The molecule has 42 heavy (non-hydrogen) atoms. The maximum Gasteiger partial charge on any atom is 0.321 e. The number of hydrogen-bond donors (Lipinski definition) is 2. The molecule has 2 N–H and O–H groups in total. The molecule has 1 saturated heterocycles. The Bertz CT molecular complexity index is 1570. The maximum absolute atomic E-state index is 13.2. The topological polar surface area (TPSA) is 118 Å². The molecule has 3 amide bonds. The van der Waals surface area contributed by atoms with E-state index in [-0.39, 0.29) is 37.5 Å². The van der Waals surface area contributed by atoms with Gasteiger partial charge in [0, 0.05) is 56.9 Å². The summed E-state index contributed by atoms with van der Waals surface area (Å²) in [5.41, 5.74) is 1.35. The highest BCUT2D eigenvalue weighted by Crippen LogP contribution is 2.27. The molecule has 0 saturated carbocycles. The number of ether oxygens (including phenoxy) is 1. The summed E-state index contributed by atoms with van der Waals surface area (Å²) in [4.78, 5) is 43.2. The number of anilines is 2. The number of nitrogens with zero attached hydrogens (tertiary/aromatic N) is 6. The number of urea groups is 1. The van der Waals surface area contributed by atoms with E-state index in [1.807, 2.05) is 11.0 Å². The van der Waals surface area contributed by atoms with Crippen molar-refractivity contribution in [3.05, 3.63) is 88.0 Å². The highest BCUT2D eigenvalue weighted by atomic mass is 35.5. The van der Waals surface area contributed by atoms with Crippen molar-refractivity contribution < 1.29 is 14.3 Å². The van der Waals surface area contributed by atoms with Crippen LogP contribution < -0.4 is 20.3 Å². The summed E-state index contributed by atoms with van der Waals surface area (Å²) in [5, 5.41) is 7.01. The minimum absolute atomic E-state index is 0.116. The number of nitrogens with one attached hydrogen (secondary N) is 2. The summed E-state index contributed by atoms with van der Waals surface area (Å²) in [5.74, 6) is 1.46. The van der Waals surface area contributed by atoms with Gasteiger partial charge < -0.3 is 25.2 Å². The Morgan fingerprint density at radius 2 is 1.88 bits per heavy atom. The zero-order valence-corrected chi connectivity index (χ0v) is 24.8. The van der Waals surface area contributed by atoms with Crippen molar-refractivity contribution in [1.29, 1.82) is 0 Å². The van der Waals surface area contributed by atoms with Gasteiger partial charge in [-0.1, -0.05) is 40.9 Å². The third-order valence-electron chi connectivity index (χ3n) is 6.73. The molecule has 1 aliphatic rings. The van der Waals surface area contributed by atoms with Crippen LogP contribution in [0.4, 0.5) is 16.3 Å². The van der Waals surface area contributed by atoms with Crippen LogP contribution in [0.25, 0.3) is 5.95 Å². The van der Waals surface area contributed by atoms with Gasteiger partial charge in [0.15, 0.2) is 0 Å². The lowest BCUT2D eigenvalue weighted by Crippen LogP contribution is -2.57. The lowest BCUT2D eigenvalue weighted by Gasteiger charge is -2.41. The van der Waals surface area contributed by atoms with Gasteiger partial charge in [-0.15, -0.1) is 0 Å². The molecule has 5 rings (SSSR count). The highest BCUT2D eigenvalue weighted by Gasteiger charge is 2.32. The molecule has 1 unspecified atom stereocenters. The molecule has 11 nitrogen and oxygen atoms in total. The number of amides is 3.